The largest absolute Gasteiger partial charge is 0.384 e. The Bertz CT molecular complexity index is 285. The van der Waals surface area contributed by atoms with Crippen molar-refractivity contribution in [1.29, 1.82) is 5.41 Å². The monoisotopic (exact) mass is 196 g/mol. The molecule has 2 nitrogen and oxygen atoms in total. The van der Waals surface area contributed by atoms with Crippen molar-refractivity contribution < 1.29 is 0 Å². The summed E-state index contributed by atoms with van der Waals surface area (Å²) in [7, 11) is 0. The summed E-state index contributed by atoms with van der Waals surface area (Å²) in [5.74, 6) is 0.113. The second-order valence-corrected chi connectivity index (χ2v) is 3.22. The fraction of sp³-hybridized carbons (Fsp3) is 0.300. The number of allylic oxidation sites excluding steroid dienone is 4. The maximum Gasteiger partial charge on any atom is 0.118 e. The first-order valence-electron chi connectivity index (χ1n) is 4.00. The number of hydrogen-bond acceptors (Lipinski definition) is 2. The molecule has 0 bridgehead atoms. The van der Waals surface area contributed by atoms with Crippen LogP contribution < -0.4 is 5.73 Å². The van der Waals surface area contributed by atoms with Crippen molar-refractivity contribution in [1.82, 2.24) is 0 Å². The van der Waals surface area contributed by atoms with Gasteiger partial charge in [-0.25, -0.2) is 0 Å². The van der Waals surface area contributed by atoms with Crippen molar-refractivity contribution in [2.24, 2.45) is 5.73 Å². The van der Waals surface area contributed by atoms with E-state index in [1.807, 2.05) is 32.9 Å². The Hall–Kier alpha value is -0.960. The maximum absolute atomic E-state index is 7.19. The molecule has 0 unspecified atom stereocenters. The lowest BCUT2D eigenvalue weighted by molar-refractivity contribution is 1.33. The Kier molecular flexibility index (Phi) is 5.23. The summed E-state index contributed by atoms with van der Waals surface area (Å²) in [5.41, 5.74) is 8.32. The van der Waals surface area contributed by atoms with Crippen LogP contribution in [0, 0.1) is 5.41 Å². The standard InChI is InChI=1S/C10H16N2S/c1-7(4-5-13)8(2)6-9(3)10(11)12/h4-6,13H,1-3H3,(H3,11,12)/b5-4-,8-7+,9-6+. The number of thiol groups is 1. The molecule has 72 valence electrons. The first kappa shape index (κ1) is 12.0. The van der Waals surface area contributed by atoms with Crippen LogP contribution in [-0.4, -0.2) is 5.84 Å². The average Bonchev–Trinajstić information content (AvgIpc) is 2.04. The molecule has 0 saturated carbocycles. The fourth-order valence-corrected chi connectivity index (χ4v) is 0.983. The van der Waals surface area contributed by atoms with Gasteiger partial charge in [0.1, 0.15) is 5.84 Å². The SMILES string of the molecule is C\C(=C/C(C)=C(C)/C=C\S)C(=N)N. The lowest BCUT2D eigenvalue weighted by Gasteiger charge is -2.00. The van der Waals surface area contributed by atoms with E-state index in [9.17, 15) is 0 Å². The zero-order chi connectivity index (χ0) is 10.4. The molecule has 0 rings (SSSR count). The zero-order valence-corrected chi connectivity index (χ0v) is 9.15. The summed E-state index contributed by atoms with van der Waals surface area (Å²) >= 11 is 3.98. The van der Waals surface area contributed by atoms with Crippen LogP contribution in [0.5, 0.6) is 0 Å². The molecule has 0 radical (unpaired) electrons. The quantitative estimate of drug-likeness (QED) is 0.276. The third-order valence-corrected chi connectivity index (χ3v) is 1.95. The summed E-state index contributed by atoms with van der Waals surface area (Å²) in [4.78, 5) is 0. The molecule has 3 N–H and O–H groups in total. The van der Waals surface area contributed by atoms with Crippen molar-refractivity contribution in [2.75, 3.05) is 0 Å². The summed E-state index contributed by atoms with van der Waals surface area (Å²) in [6, 6.07) is 0. The fourth-order valence-electron chi connectivity index (χ4n) is 0.760. The molecule has 0 aliphatic carbocycles. The number of hydrogen-bond donors (Lipinski definition) is 3. The van der Waals surface area contributed by atoms with E-state index in [1.54, 1.807) is 5.41 Å². The highest BCUT2D eigenvalue weighted by Crippen LogP contribution is 2.09. The predicted octanol–water partition coefficient (Wildman–Crippen LogP) is 2.65. The van der Waals surface area contributed by atoms with Gasteiger partial charge in [0.05, 0.1) is 0 Å². The van der Waals surface area contributed by atoms with Gasteiger partial charge in [-0.3, -0.25) is 5.41 Å². The molecular weight excluding hydrogens is 180 g/mol. The molecule has 0 aliphatic rings. The minimum absolute atomic E-state index is 0.113. The van der Waals surface area contributed by atoms with Crippen molar-refractivity contribution in [2.45, 2.75) is 20.8 Å². The van der Waals surface area contributed by atoms with E-state index < -0.39 is 0 Å². The summed E-state index contributed by atoms with van der Waals surface area (Å²) in [6.45, 7) is 5.80. The molecule has 0 fully saturated rings. The number of nitrogens with two attached hydrogens (primary N) is 1. The molecule has 3 heteroatoms. The van der Waals surface area contributed by atoms with Crippen LogP contribution in [0.15, 0.2) is 34.3 Å². The minimum atomic E-state index is 0.113. The van der Waals surface area contributed by atoms with Crippen LogP contribution in [0.3, 0.4) is 0 Å². The molecular formula is C10H16N2S. The van der Waals surface area contributed by atoms with E-state index in [4.69, 9.17) is 11.1 Å². The highest BCUT2D eigenvalue weighted by atomic mass is 32.1. The summed E-state index contributed by atoms with van der Waals surface area (Å²) < 4.78 is 0. The van der Waals surface area contributed by atoms with Crippen molar-refractivity contribution >= 4 is 18.5 Å². The van der Waals surface area contributed by atoms with Crippen LogP contribution in [-0.2, 0) is 0 Å². The second-order valence-electron chi connectivity index (χ2n) is 2.92. The Morgan fingerprint density at radius 1 is 1.23 bits per heavy atom. The van der Waals surface area contributed by atoms with E-state index in [2.05, 4.69) is 12.6 Å². The average molecular weight is 196 g/mol. The van der Waals surface area contributed by atoms with Gasteiger partial charge in [0.2, 0.25) is 0 Å². The van der Waals surface area contributed by atoms with Gasteiger partial charge < -0.3 is 5.73 Å². The van der Waals surface area contributed by atoms with Crippen LogP contribution in [0.4, 0.5) is 0 Å². The Balaban J connectivity index is 4.80. The van der Waals surface area contributed by atoms with E-state index in [0.717, 1.165) is 16.7 Å². The predicted molar refractivity (Wildman–Crippen MR) is 62.2 cm³/mol. The summed E-state index contributed by atoms with van der Waals surface area (Å²) in [5, 5.41) is 8.88. The smallest absolute Gasteiger partial charge is 0.118 e. The van der Waals surface area contributed by atoms with Gasteiger partial charge in [-0.1, -0.05) is 12.2 Å². The minimum Gasteiger partial charge on any atom is -0.384 e. The molecule has 0 heterocycles. The molecule has 0 aromatic rings. The molecule has 13 heavy (non-hydrogen) atoms. The molecule has 0 aromatic carbocycles. The molecule has 0 spiro atoms. The Morgan fingerprint density at radius 3 is 2.15 bits per heavy atom. The van der Waals surface area contributed by atoms with Crippen molar-refractivity contribution in [3.8, 4) is 0 Å². The topological polar surface area (TPSA) is 49.9 Å². The first-order chi connectivity index (χ1) is 5.99. The van der Waals surface area contributed by atoms with Crippen molar-refractivity contribution in [3.05, 3.63) is 34.3 Å². The van der Waals surface area contributed by atoms with Gasteiger partial charge in [-0.15, -0.1) is 0 Å². The molecule has 0 saturated heterocycles. The zero-order valence-electron chi connectivity index (χ0n) is 8.26. The third-order valence-electron chi connectivity index (χ3n) is 1.80. The molecule has 0 aromatic heterocycles. The van der Waals surface area contributed by atoms with Gasteiger partial charge in [-0.05, 0) is 42.9 Å². The van der Waals surface area contributed by atoms with Crippen LogP contribution >= 0.6 is 12.6 Å². The highest BCUT2D eigenvalue weighted by molar-refractivity contribution is 7.83. The molecule has 0 atom stereocenters. The van der Waals surface area contributed by atoms with Crippen LogP contribution in [0.1, 0.15) is 20.8 Å². The molecule has 0 amide bonds. The van der Waals surface area contributed by atoms with E-state index in [-0.39, 0.29) is 5.84 Å². The highest BCUT2D eigenvalue weighted by Gasteiger charge is 1.94. The van der Waals surface area contributed by atoms with Gasteiger partial charge >= 0.3 is 0 Å². The number of nitrogens with one attached hydrogen (secondary N) is 1. The van der Waals surface area contributed by atoms with Gasteiger partial charge in [0.25, 0.3) is 0 Å². The van der Waals surface area contributed by atoms with Gasteiger partial charge in [-0.2, -0.15) is 12.6 Å². The number of rotatable bonds is 3. The lowest BCUT2D eigenvalue weighted by atomic mass is 10.1. The van der Waals surface area contributed by atoms with Crippen molar-refractivity contribution in [3.63, 3.8) is 0 Å². The lowest BCUT2D eigenvalue weighted by Crippen LogP contribution is -2.10. The third kappa shape index (κ3) is 4.58. The van der Waals surface area contributed by atoms with Gasteiger partial charge in [0.15, 0.2) is 0 Å². The van der Waals surface area contributed by atoms with E-state index >= 15 is 0 Å². The Labute approximate surface area is 85.1 Å². The van der Waals surface area contributed by atoms with E-state index in [1.165, 1.54) is 0 Å². The van der Waals surface area contributed by atoms with Crippen LogP contribution in [0.2, 0.25) is 0 Å². The Morgan fingerprint density at radius 2 is 1.77 bits per heavy atom. The summed E-state index contributed by atoms with van der Waals surface area (Å²) in [6.07, 6.45) is 3.80. The van der Waals surface area contributed by atoms with Gasteiger partial charge in [0, 0.05) is 0 Å². The second kappa shape index (κ2) is 5.65. The maximum atomic E-state index is 7.19. The van der Waals surface area contributed by atoms with E-state index in [0.29, 0.717) is 0 Å². The van der Waals surface area contributed by atoms with Crippen LogP contribution in [0.25, 0.3) is 0 Å². The first-order valence-corrected chi connectivity index (χ1v) is 4.51. The number of amidine groups is 1. The molecule has 0 aliphatic heterocycles. The normalized spacial score (nSPS) is 14.6.